The van der Waals surface area contributed by atoms with Crippen LogP contribution in [0, 0.1) is 5.92 Å². The average molecular weight is 229 g/mol. The summed E-state index contributed by atoms with van der Waals surface area (Å²) in [6.45, 7) is 0. The number of thiazole rings is 1. The van der Waals surface area contributed by atoms with Crippen LogP contribution in [0.2, 0.25) is 0 Å². The molecule has 76 valence electrons. The molecule has 3 nitrogen and oxygen atoms in total. The Morgan fingerprint density at radius 3 is 3.14 bits per heavy atom. The number of aromatic nitrogens is 1. The molecule has 1 N–H and O–H groups in total. The third-order valence-corrected chi connectivity index (χ3v) is 4.30. The van der Waals surface area contributed by atoms with Crippen molar-refractivity contribution in [2.24, 2.45) is 5.92 Å². The van der Waals surface area contributed by atoms with Gasteiger partial charge in [0.05, 0.1) is 12.1 Å². The van der Waals surface area contributed by atoms with Crippen LogP contribution in [0.1, 0.15) is 18.5 Å². The number of nitrogens with zero attached hydrogens (tertiary/aromatic N) is 1. The van der Waals surface area contributed by atoms with E-state index in [1.807, 2.05) is 5.38 Å². The topological polar surface area (TPSA) is 50.2 Å². The lowest BCUT2D eigenvalue weighted by Crippen LogP contribution is -1.99. The predicted octanol–water partition coefficient (Wildman–Crippen LogP) is 2.27. The Morgan fingerprint density at radius 1 is 1.71 bits per heavy atom. The molecule has 1 fully saturated rings. The summed E-state index contributed by atoms with van der Waals surface area (Å²) in [5, 5.41) is 10.4. The predicted molar refractivity (Wildman–Crippen MR) is 56.9 cm³/mol. The highest BCUT2D eigenvalue weighted by molar-refractivity contribution is 8.01. The van der Waals surface area contributed by atoms with Crippen molar-refractivity contribution in [1.29, 1.82) is 0 Å². The summed E-state index contributed by atoms with van der Waals surface area (Å²) in [6, 6.07) is 0. The van der Waals surface area contributed by atoms with Crippen LogP contribution in [0.5, 0.6) is 0 Å². The second-order valence-corrected chi connectivity index (χ2v) is 5.55. The Bertz CT molecular complexity index is 333. The van der Waals surface area contributed by atoms with Crippen molar-refractivity contribution in [3.8, 4) is 0 Å². The fourth-order valence-electron chi connectivity index (χ4n) is 1.06. The van der Waals surface area contributed by atoms with E-state index in [9.17, 15) is 4.79 Å². The first-order chi connectivity index (χ1) is 6.74. The molecule has 1 heterocycles. The van der Waals surface area contributed by atoms with E-state index in [0.29, 0.717) is 5.69 Å². The molecular formula is C9H11NO2S2. The molecule has 0 spiro atoms. The summed E-state index contributed by atoms with van der Waals surface area (Å²) in [5.41, 5.74) is 0.681. The third-order valence-electron chi connectivity index (χ3n) is 2.00. The number of carboxylic acid groups (broad SMARTS) is 1. The van der Waals surface area contributed by atoms with E-state index in [1.54, 1.807) is 23.1 Å². The van der Waals surface area contributed by atoms with Crippen molar-refractivity contribution >= 4 is 29.1 Å². The zero-order chi connectivity index (χ0) is 9.97. The monoisotopic (exact) mass is 229 g/mol. The van der Waals surface area contributed by atoms with Gasteiger partial charge in [-0.15, -0.1) is 11.3 Å². The summed E-state index contributed by atoms with van der Waals surface area (Å²) in [6.07, 6.45) is 2.74. The van der Waals surface area contributed by atoms with Gasteiger partial charge in [0.2, 0.25) is 0 Å². The highest BCUT2D eigenvalue weighted by atomic mass is 32.2. The summed E-state index contributed by atoms with van der Waals surface area (Å²) in [7, 11) is 0. The van der Waals surface area contributed by atoms with Gasteiger partial charge in [-0.3, -0.25) is 4.79 Å². The van der Waals surface area contributed by atoms with Crippen LogP contribution in [0.3, 0.4) is 0 Å². The van der Waals surface area contributed by atoms with Gasteiger partial charge in [0.25, 0.3) is 0 Å². The molecule has 14 heavy (non-hydrogen) atoms. The number of carbonyl (C=O) groups is 1. The maximum absolute atomic E-state index is 10.4. The first-order valence-corrected chi connectivity index (χ1v) is 6.39. The molecule has 0 atom stereocenters. The molecule has 0 bridgehead atoms. The van der Waals surface area contributed by atoms with Crippen molar-refractivity contribution in [3.05, 3.63) is 11.1 Å². The van der Waals surface area contributed by atoms with E-state index in [1.165, 1.54) is 12.8 Å². The zero-order valence-corrected chi connectivity index (χ0v) is 9.24. The van der Waals surface area contributed by atoms with Gasteiger partial charge in [-0.2, -0.15) is 0 Å². The van der Waals surface area contributed by atoms with Gasteiger partial charge in [0, 0.05) is 11.1 Å². The second-order valence-electron chi connectivity index (χ2n) is 3.43. The highest BCUT2D eigenvalue weighted by Gasteiger charge is 2.21. The molecule has 0 radical (unpaired) electrons. The van der Waals surface area contributed by atoms with E-state index in [0.717, 1.165) is 16.0 Å². The summed E-state index contributed by atoms with van der Waals surface area (Å²) in [4.78, 5) is 14.7. The maximum atomic E-state index is 10.4. The molecule has 0 unspecified atom stereocenters. The molecule has 1 aliphatic rings. The first-order valence-electron chi connectivity index (χ1n) is 4.53. The quantitative estimate of drug-likeness (QED) is 0.787. The number of hydrogen-bond acceptors (Lipinski definition) is 4. The molecule has 5 heteroatoms. The summed E-state index contributed by atoms with van der Waals surface area (Å²) < 4.78 is 1.01. The van der Waals surface area contributed by atoms with Crippen LogP contribution in [-0.4, -0.2) is 21.8 Å². The SMILES string of the molecule is O=C(O)Cc1csc(SCC2CC2)n1. The van der Waals surface area contributed by atoms with Crippen molar-refractivity contribution < 1.29 is 9.90 Å². The lowest BCUT2D eigenvalue weighted by atomic mass is 10.3. The Labute approximate surface area is 90.6 Å². The lowest BCUT2D eigenvalue weighted by molar-refractivity contribution is -0.136. The first kappa shape index (κ1) is 9.98. The van der Waals surface area contributed by atoms with E-state index in [-0.39, 0.29) is 6.42 Å². The maximum Gasteiger partial charge on any atom is 0.309 e. The van der Waals surface area contributed by atoms with Crippen LogP contribution in [0.4, 0.5) is 0 Å². The number of rotatable bonds is 5. The molecule has 1 aromatic rings. The minimum absolute atomic E-state index is 0.0422. The number of hydrogen-bond donors (Lipinski definition) is 1. The Kier molecular flexibility index (Phi) is 3.08. The van der Waals surface area contributed by atoms with Crippen molar-refractivity contribution in [2.45, 2.75) is 23.6 Å². The van der Waals surface area contributed by atoms with Gasteiger partial charge in [0.15, 0.2) is 0 Å². The molecular weight excluding hydrogens is 218 g/mol. The standard InChI is InChI=1S/C9H11NO2S2/c11-8(12)3-7-5-14-9(10-7)13-4-6-1-2-6/h5-6H,1-4H2,(H,11,12). The van der Waals surface area contributed by atoms with Crippen molar-refractivity contribution in [3.63, 3.8) is 0 Å². The molecule has 0 aromatic carbocycles. The molecule has 1 aromatic heterocycles. The van der Waals surface area contributed by atoms with E-state index >= 15 is 0 Å². The number of carboxylic acids is 1. The fourth-order valence-corrected chi connectivity index (χ4v) is 3.12. The van der Waals surface area contributed by atoms with Crippen molar-refractivity contribution in [2.75, 3.05) is 5.75 Å². The third kappa shape index (κ3) is 2.99. The molecule has 1 saturated carbocycles. The number of thioether (sulfide) groups is 1. The molecule has 0 amide bonds. The average Bonchev–Trinajstić information content (AvgIpc) is 2.84. The van der Waals surface area contributed by atoms with Gasteiger partial charge < -0.3 is 5.11 Å². The zero-order valence-electron chi connectivity index (χ0n) is 7.60. The van der Waals surface area contributed by atoms with Crippen LogP contribution in [0.15, 0.2) is 9.72 Å². The minimum atomic E-state index is -0.811. The van der Waals surface area contributed by atoms with Crippen LogP contribution < -0.4 is 0 Å². The fraction of sp³-hybridized carbons (Fsp3) is 0.556. The summed E-state index contributed by atoms with van der Waals surface area (Å²) in [5.74, 6) is 1.21. The van der Waals surface area contributed by atoms with Crippen LogP contribution in [-0.2, 0) is 11.2 Å². The molecule has 0 aliphatic heterocycles. The minimum Gasteiger partial charge on any atom is -0.481 e. The molecule has 1 aliphatic carbocycles. The largest absolute Gasteiger partial charge is 0.481 e. The van der Waals surface area contributed by atoms with Gasteiger partial charge in [-0.05, 0) is 18.8 Å². The van der Waals surface area contributed by atoms with Crippen LogP contribution in [0.25, 0.3) is 0 Å². The van der Waals surface area contributed by atoms with Crippen molar-refractivity contribution in [1.82, 2.24) is 4.98 Å². The normalized spacial score (nSPS) is 15.7. The highest BCUT2D eigenvalue weighted by Crippen LogP contribution is 2.35. The number of aliphatic carboxylic acids is 1. The summed E-state index contributed by atoms with van der Waals surface area (Å²) >= 11 is 3.30. The Morgan fingerprint density at radius 2 is 2.50 bits per heavy atom. The van der Waals surface area contributed by atoms with Gasteiger partial charge in [-0.1, -0.05) is 11.8 Å². The second kappa shape index (κ2) is 4.31. The smallest absolute Gasteiger partial charge is 0.309 e. The van der Waals surface area contributed by atoms with Gasteiger partial charge in [0.1, 0.15) is 4.34 Å². The Hall–Kier alpha value is -0.550. The van der Waals surface area contributed by atoms with Gasteiger partial charge in [-0.25, -0.2) is 4.98 Å². The van der Waals surface area contributed by atoms with Crippen LogP contribution >= 0.6 is 23.1 Å². The van der Waals surface area contributed by atoms with E-state index in [2.05, 4.69) is 4.98 Å². The van der Waals surface area contributed by atoms with Gasteiger partial charge >= 0.3 is 5.97 Å². The van der Waals surface area contributed by atoms with E-state index < -0.39 is 5.97 Å². The molecule has 2 rings (SSSR count). The Balaban J connectivity index is 1.84. The van der Waals surface area contributed by atoms with E-state index in [4.69, 9.17) is 5.11 Å². The lowest BCUT2D eigenvalue weighted by Gasteiger charge is -1.92. The molecule has 0 saturated heterocycles.